The van der Waals surface area contributed by atoms with Gasteiger partial charge in [-0.2, -0.15) is 0 Å². The predicted molar refractivity (Wildman–Crippen MR) is 98.1 cm³/mol. The second-order valence-corrected chi connectivity index (χ2v) is 6.48. The first-order valence-corrected chi connectivity index (χ1v) is 8.65. The van der Waals surface area contributed by atoms with Gasteiger partial charge in [-0.25, -0.2) is 4.79 Å². The second kappa shape index (κ2) is 7.57. The number of nitrogens with zero attached hydrogens (tertiary/aromatic N) is 2. The van der Waals surface area contributed by atoms with E-state index in [9.17, 15) is 19.2 Å². The Morgan fingerprint density at radius 3 is 2.56 bits per heavy atom. The number of aryl methyl sites for hydroxylation is 1. The molecule has 7 heteroatoms. The van der Waals surface area contributed by atoms with Gasteiger partial charge in [-0.3, -0.25) is 14.4 Å². The number of anilines is 1. The Kier molecular flexibility index (Phi) is 5.21. The number of amides is 1. The van der Waals surface area contributed by atoms with Gasteiger partial charge in [-0.15, -0.1) is 0 Å². The summed E-state index contributed by atoms with van der Waals surface area (Å²) < 4.78 is 6.59. The average molecular weight is 368 g/mol. The molecule has 1 aliphatic heterocycles. The van der Waals surface area contributed by atoms with E-state index in [0.29, 0.717) is 29.8 Å². The molecule has 0 bridgehead atoms. The zero-order valence-electron chi connectivity index (χ0n) is 15.2. The van der Waals surface area contributed by atoms with Crippen LogP contribution in [0.3, 0.4) is 0 Å². The van der Waals surface area contributed by atoms with Crippen LogP contribution in [0.5, 0.6) is 0 Å². The van der Waals surface area contributed by atoms with Gasteiger partial charge in [0.2, 0.25) is 5.91 Å². The zero-order chi connectivity index (χ0) is 19.6. The van der Waals surface area contributed by atoms with Crippen molar-refractivity contribution in [2.75, 3.05) is 18.1 Å². The Balaban J connectivity index is 1.66. The van der Waals surface area contributed by atoms with E-state index >= 15 is 0 Å². The molecule has 0 saturated carbocycles. The lowest BCUT2D eigenvalue weighted by molar-refractivity contribution is -0.117. The molecule has 140 valence electrons. The van der Waals surface area contributed by atoms with Crippen molar-refractivity contribution in [2.45, 2.75) is 19.8 Å². The van der Waals surface area contributed by atoms with Crippen molar-refractivity contribution in [3.05, 3.63) is 53.3 Å². The van der Waals surface area contributed by atoms with Crippen LogP contribution in [0.4, 0.5) is 5.69 Å². The topological polar surface area (TPSA) is 85.7 Å². The molecule has 1 amide bonds. The van der Waals surface area contributed by atoms with Crippen molar-refractivity contribution in [2.24, 2.45) is 7.05 Å². The van der Waals surface area contributed by atoms with E-state index in [2.05, 4.69) is 0 Å². The maximum atomic E-state index is 12.4. The van der Waals surface area contributed by atoms with Crippen LogP contribution in [0.25, 0.3) is 0 Å². The Bertz CT molecular complexity index is 928. The maximum Gasteiger partial charge on any atom is 0.355 e. The van der Waals surface area contributed by atoms with Crippen molar-refractivity contribution < 1.29 is 23.9 Å². The van der Waals surface area contributed by atoms with Crippen LogP contribution >= 0.6 is 0 Å². The van der Waals surface area contributed by atoms with Crippen LogP contribution in [-0.2, 0) is 16.6 Å². The van der Waals surface area contributed by atoms with E-state index in [4.69, 9.17) is 4.74 Å². The van der Waals surface area contributed by atoms with Crippen LogP contribution in [0.1, 0.15) is 51.0 Å². The molecule has 3 rings (SSSR count). The molecule has 0 radical (unpaired) electrons. The number of rotatable bonds is 6. The smallest absolute Gasteiger partial charge is 0.355 e. The molecule has 0 spiro atoms. The summed E-state index contributed by atoms with van der Waals surface area (Å²) in [7, 11) is 1.63. The molecule has 2 heterocycles. The highest BCUT2D eigenvalue weighted by molar-refractivity contribution is 6.02. The molecule has 0 atom stereocenters. The normalized spacial score (nSPS) is 13.7. The predicted octanol–water partition coefficient (Wildman–Crippen LogP) is 2.39. The Morgan fingerprint density at radius 2 is 1.93 bits per heavy atom. The molecule has 0 unspecified atom stereocenters. The van der Waals surface area contributed by atoms with Crippen molar-refractivity contribution >= 4 is 29.1 Å². The summed E-state index contributed by atoms with van der Waals surface area (Å²) in [5.41, 5.74) is 1.64. The van der Waals surface area contributed by atoms with E-state index < -0.39 is 12.6 Å². The van der Waals surface area contributed by atoms with Crippen molar-refractivity contribution in [3.8, 4) is 0 Å². The van der Waals surface area contributed by atoms with Crippen LogP contribution in [0, 0.1) is 0 Å². The van der Waals surface area contributed by atoms with Crippen LogP contribution in [0.15, 0.2) is 36.5 Å². The molecule has 1 aromatic heterocycles. The molecule has 1 fully saturated rings. The Hall–Kier alpha value is -3.22. The third-order valence-electron chi connectivity index (χ3n) is 4.51. The third-order valence-corrected chi connectivity index (χ3v) is 4.51. The number of benzene rings is 1. The highest BCUT2D eigenvalue weighted by atomic mass is 16.5. The standard InChI is InChI=1S/C20H20N2O5/c1-13(23)15-10-17(21(2)11-15)20(26)27-12-18(24)14-5-3-6-16(9-14)22-8-4-7-19(22)25/h3,5-6,9-11H,4,7-8,12H2,1-2H3. The fraction of sp³-hybridized carbons (Fsp3) is 0.300. The molecule has 0 aliphatic carbocycles. The van der Waals surface area contributed by atoms with Gasteiger partial charge in [0.05, 0.1) is 0 Å². The van der Waals surface area contributed by atoms with Crippen molar-refractivity contribution in [1.82, 2.24) is 4.57 Å². The summed E-state index contributed by atoms with van der Waals surface area (Å²) in [6.07, 6.45) is 2.85. The van der Waals surface area contributed by atoms with Crippen LogP contribution in [0.2, 0.25) is 0 Å². The summed E-state index contributed by atoms with van der Waals surface area (Å²) in [6, 6.07) is 8.17. The molecule has 0 N–H and O–H groups in total. The van der Waals surface area contributed by atoms with Gasteiger partial charge in [0, 0.05) is 43.0 Å². The number of ether oxygens (including phenoxy) is 1. The van der Waals surface area contributed by atoms with E-state index in [-0.39, 0.29) is 23.2 Å². The van der Waals surface area contributed by atoms with Gasteiger partial charge in [-0.1, -0.05) is 12.1 Å². The molecule has 1 aliphatic rings. The number of ketones is 2. The summed E-state index contributed by atoms with van der Waals surface area (Å²) in [5, 5.41) is 0. The van der Waals surface area contributed by atoms with Gasteiger partial charge < -0.3 is 14.2 Å². The molecule has 2 aromatic rings. The number of carbonyl (C=O) groups excluding carboxylic acids is 4. The first kappa shape index (κ1) is 18.6. The van der Waals surface area contributed by atoms with E-state index in [1.807, 2.05) is 0 Å². The first-order valence-electron chi connectivity index (χ1n) is 8.65. The number of esters is 1. The second-order valence-electron chi connectivity index (χ2n) is 6.48. The van der Waals surface area contributed by atoms with Gasteiger partial charge in [-0.05, 0) is 31.5 Å². The van der Waals surface area contributed by atoms with Crippen LogP contribution in [-0.4, -0.2) is 41.2 Å². The maximum absolute atomic E-state index is 12.4. The Labute approximate surface area is 156 Å². The molecule has 1 saturated heterocycles. The summed E-state index contributed by atoms with van der Waals surface area (Å²) in [5.74, 6) is -1.16. The van der Waals surface area contributed by atoms with Crippen LogP contribution < -0.4 is 4.90 Å². The summed E-state index contributed by atoms with van der Waals surface area (Å²) in [4.78, 5) is 49.5. The first-order chi connectivity index (χ1) is 12.9. The van der Waals surface area contributed by atoms with Gasteiger partial charge in [0.1, 0.15) is 5.69 Å². The number of aromatic nitrogens is 1. The number of carbonyl (C=O) groups is 4. The van der Waals surface area contributed by atoms with Gasteiger partial charge in [0.15, 0.2) is 18.2 Å². The highest BCUT2D eigenvalue weighted by Gasteiger charge is 2.23. The number of hydrogen-bond donors (Lipinski definition) is 0. The molecule has 27 heavy (non-hydrogen) atoms. The third kappa shape index (κ3) is 3.97. The number of Topliss-reactive ketones (excluding diaryl/α,β-unsaturated/α-hetero) is 2. The summed E-state index contributed by atoms with van der Waals surface area (Å²) >= 11 is 0. The molecule has 1 aromatic carbocycles. The minimum Gasteiger partial charge on any atom is -0.453 e. The average Bonchev–Trinajstić information content (AvgIpc) is 3.25. The SMILES string of the molecule is CC(=O)c1cc(C(=O)OCC(=O)c2cccc(N3CCCC3=O)c2)n(C)c1. The molecule has 7 nitrogen and oxygen atoms in total. The lowest BCUT2D eigenvalue weighted by Crippen LogP contribution is -2.24. The fourth-order valence-electron chi connectivity index (χ4n) is 3.02. The summed E-state index contributed by atoms with van der Waals surface area (Å²) in [6.45, 7) is 1.63. The molecular formula is C20H20N2O5. The highest BCUT2D eigenvalue weighted by Crippen LogP contribution is 2.22. The zero-order valence-corrected chi connectivity index (χ0v) is 15.2. The minimum absolute atomic E-state index is 0.0380. The monoisotopic (exact) mass is 368 g/mol. The van der Waals surface area contributed by atoms with Crippen molar-refractivity contribution in [3.63, 3.8) is 0 Å². The lowest BCUT2D eigenvalue weighted by Gasteiger charge is -2.16. The lowest BCUT2D eigenvalue weighted by atomic mass is 10.1. The van der Waals surface area contributed by atoms with Gasteiger partial charge in [0.25, 0.3) is 0 Å². The molecular weight excluding hydrogens is 348 g/mol. The van der Waals surface area contributed by atoms with E-state index in [0.717, 1.165) is 6.42 Å². The largest absolute Gasteiger partial charge is 0.453 e. The Morgan fingerprint density at radius 1 is 1.15 bits per heavy atom. The quantitative estimate of drug-likeness (QED) is 0.577. The van der Waals surface area contributed by atoms with Crippen molar-refractivity contribution in [1.29, 1.82) is 0 Å². The fourth-order valence-corrected chi connectivity index (χ4v) is 3.02. The minimum atomic E-state index is -0.677. The van der Waals surface area contributed by atoms with Gasteiger partial charge >= 0.3 is 5.97 Å². The number of hydrogen-bond acceptors (Lipinski definition) is 5. The van der Waals surface area contributed by atoms with E-state index in [1.165, 1.54) is 23.8 Å². The van der Waals surface area contributed by atoms with E-state index in [1.54, 1.807) is 36.2 Å².